The number of thiocarbonyl (C=S) groups is 1. The highest BCUT2D eigenvalue weighted by Crippen LogP contribution is 2.38. The monoisotopic (exact) mass is 338 g/mol. The number of rotatable bonds is 3. The molecule has 0 saturated heterocycles. The zero-order valence-electron chi connectivity index (χ0n) is 11.9. The number of hydrogen-bond acceptors (Lipinski definition) is 4. The van der Waals surface area contributed by atoms with Gasteiger partial charge in [0.1, 0.15) is 5.92 Å². The summed E-state index contributed by atoms with van der Waals surface area (Å²) in [5, 5.41) is 18.9. The van der Waals surface area contributed by atoms with Crippen LogP contribution in [0, 0.1) is 5.92 Å². The maximum absolute atomic E-state index is 11.7. The van der Waals surface area contributed by atoms with Gasteiger partial charge in [0.05, 0.1) is 6.04 Å². The molecule has 0 fully saturated rings. The number of aliphatic carboxylic acids is 1. The molecule has 2 rings (SSSR count). The van der Waals surface area contributed by atoms with Gasteiger partial charge in [0.2, 0.25) is 5.11 Å². The Kier molecular flexibility index (Phi) is 4.82. The minimum atomic E-state index is -1.31. The Morgan fingerprint density at radius 1 is 1.32 bits per heavy atom. The first-order chi connectivity index (χ1) is 10.4. The van der Waals surface area contributed by atoms with Gasteiger partial charge in [-0.05, 0) is 37.0 Å². The van der Waals surface area contributed by atoms with Crippen LogP contribution in [-0.4, -0.2) is 44.3 Å². The minimum Gasteiger partial charge on any atom is -0.481 e. The Morgan fingerprint density at radius 3 is 2.50 bits per heavy atom. The molecule has 2 N–H and O–H groups in total. The van der Waals surface area contributed by atoms with E-state index in [0.29, 0.717) is 11.3 Å². The van der Waals surface area contributed by atoms with Crippen molar-refractivity contribution in [3.63, 3.8) is 0 Å². The highest BCUT2D eigenvalue weighted by atomic mass is 32.2. The zero-order valence-corrected chi connectivity index (χ0v) is 13.5. The second-order valence-corrected chi connectivity index (χ2v) is 5.90. The molecule has 0 radical (unpaired) electrons. The Bertz CT molecular complexity index is 675. The van der Waals surface area contributed by atoms with E-state index in [4.69, 9.17) is 12.2 Å². The molecule has 1 aliphatic heterocycles. The van der Waals surface area contributed by atoms with Crippen LogP contribution in [0.1, 0.15) is 18.5 Å². The van der Waals surface area contributed by atoms with E-state index in [1.54, 1.807) is 19.1 Å². The van der Waals surface area contributed by atoms with Gasteiger partial charge in [-0.25, -0.2) is 14.7 Å². The Hall–Kier alpha value is -1.93. The lowest BCUT2D eigenvalue weighted by Crippen LogP contribution is -2.48. The second kappa shape index (κ2) is 6.45. The van der Waals surface area contributed by atoms with Gasteiger partial charge in [0.15, 0.2) is 0 Å². The number of thioether (sulfide) groups is 1. The Morgan fingerprint density at radius 2 is 1.95 bits per heavy atom. The molecule has 1 aromatic rings. The fraction of sp³-hybridized carbons (Fsp3) is 0.286. The van der Waals surface area contributed by atoms with Crippen LogP contribution < -0.4 is 0 Å². The molecule has 0 aromatic heterocycles. The largest absolute Gasteiger partial charge is 0.481 e. The molecule has 116 valence electrons. The third kappa shape index (κ3) is 2.84. The van der Waals surface area contributed by atoms with Gasteiger partial charge in [-0.2, -0.15) is 0 Å². The summed E-state index contributed by atoms with van der Waals surface area (Å²) in [6.45, 7) is 1.55. The van der Waals surface area contributed by atoms with Gasteiger partial charge in [-0.1, -0.05) is 18.2 Å². The van der Waals surface area contributed by atoms with Crippen molar-refractivity contribution in [3.05, 3.63) is 29.8 Å². The van der Waals surface area contributed by atoms with Crippen molar-refractivity contribution in [3.8, 4) is 0 Å². The smallest absolute Gasteiger partial charge is 0.414 e. The topological polar surface area (TPSA) is 90.2 Å². The first-order valence-electron chi connectivity index (χ1n) is 6.35. The molecule has 0 bridgehead atoms. The van der Waals surface area contributed by atoms with E-state index in [2.05, 4.69) is 4.99 Å². The van der Waals surface area contributed by atoms with Crippen LogP contribution in [-0.2, 0) is 4.79 Å². The lowest BCUT2D eigenvalue weighted by molar-refractivity contribution is -0.140. The summed E-state index contributed by atoms with van der Waals surface area (Å²) in [5.74, 6) is -2.20. The van der Waals surface area contributed by atoms with Crippen LogP contribution in [0.25, 0.3) is 0 Å². The number of aliphatic imine (C=N–C) groups is 1. The predicted molar refractivity (Wildman–Crippen MR) is 87.7 cm³/mol. The van der Waals surface area contributed by atoms with Crippen LogP contribution in [0.15, 0.2) is 34.2 Å². The summed E-state index contributed by atoms with van der Waals surface area (Å²) in [5.41, 5.74) is 0.914. The van der Waals surface area contributed by atoms with Crippen LogP contribution in [0.3, 0.4) is 0 Å². The summed E-state index contributed by atoms with van der Waals surface area (Å²) in [6.07, 6.45) is 0.537. The predicted octanol–water partition coefficient (Wildman–Crippen LogP) is 2.89. The van der Waals surface area contributed by atoms with Gasteiger partial charge in [0.25, 0.3) is 0 Å². The fourth-order valence-electron chi connectivity index (χ4n) is 2.51. The number of nitrogens with zero attached hydrogens (tertiary/aromatic N) is 2. The molecule has 1 aliphatic rings. The lowest BCUT2D eigenvalue weighted by Gasteiger charge is -2.37. The van der Waals surface area contributed by atoms with Gasteiger partial charge >= 0.3 is 12.1 Å². The molecule has 0 aliphatic carbocycles. The highest BCUT2D eigenvalue weighted by molar-refractivity contribution is 7.98. The molecule has 6 nitrogen and oxygen atoms in total. The third-order valence-corrected chi connectivity index (χ3v) is 4.55. The van der Waals surface area contributed by atoms with Crippen molar-refractivity contribution >= 4 is 46.9 Å². The first kappa shape index (κ1) is 16.4. The summed E-state index contributed by atoms with van der Waals surface area (Å²) < 4.78 is 0. The Labute approximate surface area is 136 Å². The standard InChI is InChI=1S/C14H14N2O4S2/c1-7-10(12(17)18)11(16(14(19)20)13(21)15-7)8-5-3-4-6-9(8)22-2/h3-6,10-11H,1-2H3,(H,17,18)(H,19,20). The quantitative estimate of drug-likeness (QED) is 0.650. The minimum absolute atomic E-state index is 0.136. The van der Waals surface area contributed by atoms with Gasteiger partial charge < -0.3 is 10.2 Å². The van der Waals surface area contributed by atoms with Crippen LogP contribution in [0.5, 0.6) is 0 Å². The van der Waals surface area contributed by atoms with Crippen molar-refractivity contribution in [2.45, 2.75) is 17.9 Å². The van der Waals surface area contributed by atoms with E-state index in [1.807, 2.05) is 18.4 Å². The van der Waals surface area contributed by atoms with E-state index < -0.39 is 24.0 Å². The molecule has 2 unspecified atom stereocenters. The van der Waals surface area contributed by atoms with E-state index >= 15 is 0 Å². The lowest BCUT2D eigenvalue weighted by atomic mass is 9.87. The van der Waals surface area contributed by atoms with Crippen molar-refractivity contribution < 1.29 is 19.8 Å². The van der Waals surface area contributed by atoms with Crippen molar-refractivity contribution in [1.29, 1.82) is 0 Å². The van der Waals surface area contributed by atoms with Crippen LogP contribution >= 0.6 is 24.0 Å². The Balaban J connectivity index is 2.68. The fourth-order valence-corrected chi connectivity index (χ4v) is 3.49. The SMILES string of the molecule is CSc1ccccc1C1C(C(=O)O)C(C)=NC(=S)N1C(=O)O. The maximum atomic E-state index is 11.7. The molecule has 1 heterocycles. The summed E-state index contributed by atoms with van der Waals surface area (Å²) in [7, 11) is 0. The van der Waals surface area contributed by atoms with Gasteiger partial charge in [-0.3, -0.25) is 4.79 Å². The number of hydrogen-bond donors (Lipinski definition) is 2. The van der Waals surface area contributed by atoms with Gasteiger partial charge in [-0.15, -0.1) is 11.8 Å². The molecule has 2 atom stereocenters. The summed E-state index contributed by atoms with van der Waals surface area (Å²) >= 11 is 6.46. The van der Waals surface area contributed by atoms with Crippen LogP contribution in [0.2, 0.25) is 0 Å². The number of carbonyl (C=O) groups is 2. The molecular weight excluding hydrogens is 324 g/mol. The molecule has 8 heteroatoms. The highest BCUT2D eigenvalue weighted by Gasteiger charge is 2.44. The van der Waals surface area contributed by atoms with E-state index in [0.717, 1.165) is 9.80 Å². The molecule has 1 aromatic carbocycles. The maximum Gasteiger partial charge on any atom is 0.414 e. The van der Waals surface area contributed by atoms with Gasteiger partial charge in [0, 0.05) is 10.6 Å². The number of benzene rings is 1. The third-order valence-electron chi connectivity index (χ3n) is 3.45. The molecule has 22 heavy (non-hydrogen) atoms. The van der Waals surface area contributed by atoms with E-state index in [9.17, 15) is 19.8 Å². The van der Waals surface area contributed by atoms with E-state index in [1.165, 1.54) is 11.8 Å². The molecule has 0 spiro atoms. The first-order valence-corrected chi connectivity index (χ1v) is 7.98. The van der Waals surface area contributed by atoms with Crippen molar-refractivity contribution in [2.24, 2.45) is 10.9 Å². The summed E-state index contributed by atoms with van der Waals surface area (Å²) in [6, 6.07) is 6.19. The van der Waals surface area contributed by atoms with Crippen molar-refractivity contribution in [2.75, 3.05) is 6.26 Å². The van der Waals surface area contributed by atoms with E-state index in [-0.39, 0.29) is 5.11 Å². The zero-order chi connectivity index (χ0) is 16.4. The van der Waals surface area contributed by atoms with Crippen molar-refractivity contribution in [1.82, 2.24) is 4.90 Å². The molecular formula is C14H14N2O4S2. The number of carboxylic acids is 1. The van der Waals surface area contributed by atoms with Crippen LogP contribution in [0.4, 0.5) is 4.79 Å². The average Bonchev–Trinajstić information content (AvgIpc) is 2.45. The molecule has 0 saturated carbocycles. The molecule has 1 amide bonds. The second-order valence-electron chi connectivity index (χ2n) is 4.69. The average molecular weight is 338 g/mol. The summed E-state index contributed by atoms with van der Waals surface area (Å²) in [4.78, 5) is 28.9. The number of amides is 1. The number of carboxylic acid groups (broad SMARTS) is 2. The normalized spacial score (nSPS) is 21.5.